The maximum Gasteiger partial charge on any atom is 0.133 e. The summed E-state index contributed by atoms with van der Waals surface area (Å²) in [6.07, 6.45) is 2.64. The SMILES string of the molecule is C=C(CCC)CC(C)=O. The molecule has 9 heavy (non-hydrogen) atoms. The zero-order valence-corrected chi connectivity index (χ0v) is 6.24. The monoisotopic (exact) mass is 126 g/mol. The molecule has 0 aromatic rings. The van der Waals surface area contributed by atoms with Gasteiger partial charge in [0.25, 0.3) is 0 Å². The van der Waals surface area contributed by atoms with Crippen molar-refractivity contribution in [3.05, 3.63) is 12.2 Å². The zero-order chi connectivity index (χ0) is 7.28. The van der Waals surface area contributed by atoms with Gasteiger partial charge < -0.3 is 0 Å². The molecule has 0 spiro atoms. The van der Waals surface area contributed by atoms with Crippen LogP contribution in [0, 0.1) is 0 Å². The third-order valence-corrected chi connectivity index (χ3v) is 1.10. The summed E-state index contributed by atoms with van der Waals surface area (Å²) in [5.74, 6) is 0.216. The zero-order valence-electron chi connectivity index (χ0n) is 6.24. The molecule has 0 radical (unpaired) electrons. The lowest BCUT2D eigenvalue weighted by atomic mass is 10.1. The average Bonchev–Trinajstić information content (AvgIpc) is 1.63. The molecule has 0 aliphatic carbocycles. The average molecular weight is 126 g/mol. The Morgan fingerprint density at radius 3 is 2.44 bits per heavy atom. The first-order valence-corrected chi connectivity index (χ1v) is 3.33. The Labute approximate surface area is 56.8 Å². The minimum atomic E-state index is 0.216. The van der Waals surface area contributed by atoms with Crippen LogP contribution in [0.2, 0.25) is 0 Å². The largest absolute Gasteiger partial charge is 0.300 e. The first-order valence-electron chi connectivity index (χ1n) is 3.33. The second-order valence-electron chi connectivity index (χ2n) is 2.38. The Morgan fingerprint density at radius 2 is 2.11 bits per heavy atom. The fraction of sp³-hybridized carbons (Fsp3) is 0.625. The van der Waals surface area contributed by atoms with E-state index in [2.05, 4.69) is 13.5 Å². The Hall–Kier alpha value is -0.590. The molecule has 0 atom stereocenters. The van der Waals surface area contributed by atoms with Gasteiger partial charge in [0, 0.05) is 6.42 Å². The van der Waals surface area contributed by atoms with Gasteiger partial charge in [-0.25, -0.2) is 0 Å². The Kier molecular flexibility index (Phi) is 4.02. The molecule has 52 valence electrons. The van der Waals surface area contributed by atoms with E-state index >= 15 is 0 Å². The van der Waals surface area contributed by atoms with Crippen molar-refractivity contribution in [2.24, 2.45) is 0 Å². The molecule has 0 amide bonds. The van der Waals surface area contributed by atoms with E-state index in [0.29, 0.717) is 6.42 Å². The standard InChI is InChI=1S/C8H14O/c1-4-5-7(2)6-8(3)9/h2,4-6H2,1,3H3. The maximum absolute atomic E-state index is 10.5. The number of Topliss-reactive ketones (excluding diaryl/α,β-unsaturated/α-hetero) is 1. The van der Waals surface area contributed by atoms with Gasteiger partial charge in [0.1, 0.15) is 5.78 Å². The topological polar surface area (TPSA) is 17.1 Å². The van der Waals surface area contributed by atoms with Crippen LogP contribution < -0.4 is 0 Å². The van der Waals surface area contributed by atoms with Crippen molar-refractivity contribution < 1.29 is 4.79 Å². The Morgan fingerprint density at radius 1 is 1.56 bits per heavy atom. The fourth-order valence-electron chi connectivity index (χ4n) is 0.794. The number of hydrogen-bond acceptors (Lipinski definition) is 1. The summed E-state index contributed by atoms with van der Waals surface area (Å²) in [5, 5.41) is 0. The highest BCUT2D eigenvalue weighted by molar-refractivity contribution is 5.77. The van der Waals surface area contributed by atoms with Gasteiger partial charge in [0.2, 0.25) is 0 Å². The van der Waals surface area contributed by atoms with Crippen LogP contribution in [-0.2, 0) is 4.79 Å². The summed E-state index contributed by atoms with van der Waals surface area (Å²) in [7, 11) is 0. The fourth-order valence-corrected chi connectivity index (χ4v) is 0.794. The molecule has 0 aromatic heterocycles. The number of hydrogen-bond donors (Lipinski definition) is 0. The van der Waals surface area contributed by atoms with Crippen LogP contribution in [0.25, 0.3) is 0 Å². The van der Waals surface area contributed by atoms with Crippen LogP contribution in [0.15, 0.2) is 12.2 Å². The van der Waals surface area contributed by atoms with E-state index in [1.165, 1.54) is 0 Å². The molecule has 1 nitrogen and oxygen atoms in total. The molecular weight excluding hydrogens is 112 g/mol. The van der Waals surface area contributed by atoms with E-state index in [1.807, 2.05) is 0 Å². The molecule has 0 N–H and O–H groups in total. The van der Waals surface area contributed by atoms with Crippen molar-refractivity contribution in [3.63, 3.8) is 0 Å². The van der Waals surface area contributed by atoms with E-state index < -0.39 is 0 Å². The van der Waals surface area contributed by atoms with Gasteiger partial charge in [-0.3, -0.25) is 4.79 Å². The quantitative estimate of drug-likeness (QED) is 0.528. The second kappa shape index (κ2) is 4.30. The van der Waals surface area contributed by atoms with E-state index in [9.17, 15) is 4.79 Å². The molecule has 1 heteroatoms. The van der Waals surface area contributed by atoms with Gasteiger partial charge in [0.05, 0.1) is 0 Å². The number of carbonyl (C=O) groups excluding carboxylic acids is 1. The molecule has 0 fully saturated rings. The predicted octanol–water partition coefficient (Wildman–Crippen LogP) is 2.32. The van der Waals surface area contributed by atoms with Crippen molar-refractivity contribution in [1.82, 2.24) is 0 Å². The molecule has 0 heterocycles. The van der Waals surface area contributed by atoms with Crippen LogP contribution in [0.5, 0.6) is 0 Å². The van der Waals surface area contributed by atoms with Gasteiger partial charge >= 0.3 is 0 Å². The first-order chi connectivity index (χ1) is 4.16. The van der Waals surface area contributed by atoms with Gasteiger partial charge in [-0.1, -0.05) is 25.5 Å². The number of rotatable bonds is 4. The van der Waals surface area contributed by atoms with Crippen molar-refractivity contribution in [2.45, 2.75) is 33.1 Å². The van der Waals surface area contributed by atoms with E-state index in [0.717, 1.165) is 18.4 Å². The van der Waals surface area contributed by atoms with E-state index in [4.69, 9.17) is 0 Å². The van der Waals surface area contributed by atoms with Crippen molar-refractivity contribution in [3.8, 4) is 0 Å². The highest BCUT2D eigenvalue weighted by Crippen LogP contribution is 2.05. The molecule has 0 aliphatic rings. The molecule has 0 saturated carbocycles. The highest BCUT2D eigenvalue weighted by atomic mass is 16.1. The van der Waals surface area contributed by atoms with Crippen LogP contribution in [-0.4, -0.2) is 5.78 Å². The second-order valence-corrected chi connectivity index (χ2v) is 2.38. The van der Waals surface area contributed by atoms with Crippen molar-refractivity contribution in [1.29, 1.82) is 0 Å². The molecule has 0 unspecified atom stereocenters. The normalized spacial score (nSPS) is 9.11. The third-order valence-electron chi connectivity index (χ3n) is 1.10. The molecular formula is C8H14O. The van der Waals surface area contributed by atoms with Crippen molar-refractivity contribution in [2.75, 3.05) is 0 Å². The van der Waals surface area contributed by atoms with Crippen LogP contribution in [0.4, 0.5) is 0 Å². The van der Waals surface area contributed by atoms with Gasteiger partial charge in [-0.05, 0) is 13.3 Å². The number of carbonyl (C=O) groups is 1. The predicted molar refractivity (Wildman–Crippen MR) is 39.3 cm³/mol. The molecule has 0 bridgehead atoms. The van der Waals surface area contributed by atoms with Crippen LogP contribution in [0.3, 0.4) is 0 Å². The summed E-state index contributed by atoms with van der Waals surface area (Å²) in [6, 6.07) is 0. The summed E-state index contributed by atoms with van der Waals surface area (Å²) in [5.41, 5.74) is 1.06. The molecule has 0 aliphatic heterocycles. The summed E-state index contributed by atoms with van der Waals surface area (Å²) in [4.78, 5) is 10.5. The van der Waals surface area contributed by atoms with Gasteiger partial charge in [-0.15, -0.1) is 0 Å². The molecule has 0 aromatic carbocycles. The molecule has 0 rings (SSSR count). The Balaban J connectivity index is 3.39. The first kappa shape index (κ1) is 8.41. The van der Waals surface area contributed by atoms with Crippen molar-refractivity contribution >= 4 is 5.78 Å². The minimum Gasteiger partial charge on any atom is -0.300 e. The third kappa shape index (κ3) is 5.28. The van der Waals surface area contributed by atoms with Crippen LogP contribution in [0.1, 0.15) is 33.1 Å². The van der Waals surface area contributed by atoms with E-state index in [1.54, 1.807) is 6.92 Å². The lowest BCUT2D eigenvalue weighted by Gasteiger charge is -1.97. The van der Waals surface area contributed by atoms with Gasteiger partial charge in [0.15, 0.2) is 0 Å². The lowest BCUT2D eigenvalue weighted by Crippen LogP contribution is -1.91. The van der Waals surface area contributed by atoms with Gasteiger partial charge in [-0.2, -0.15) is 0 Å². The Bertz CT molecular complexity index is 114. The maximum atomic E-state index is 10.5. The van der Waals surface area contributed by atoms with Crippen LogP contribution >= 0.6 is 0 Å². The smallest absolute Gasteiger partial charge is 0.133 e. The summed E-state index contributed by atoms with van der Waals surface area (Å²) < 4.78 is 0. The number of allylic oxidation sites excluding steroid dienone is 1. The summed E-state index contributed by atoms with van der Waals surface area (Å²) >= 11 is 0. The van der Waals surface area contributed by atoms with E-state index in [-0.39, 0.29) is 5.78 Å². The molecule has 0 saturated heterocycles. The minimum absolute atomic E-state index is 0.216. The number of ketones is 1. The summed E-state index contributed by atoms with van der Waals surface area (Å²) in [6.45, 7) is 7.45. The highest BCUT2D eigenvalue weighted by Gasteiger charge is 1.95. The lowest BCUT2D eigenvalue weighted by molar-refractivity contribution is -0.116.